The van der Waals surface area contributed by atoms with Gasteiger partial charge in [0.15, 0.2) is 0 Å². The first-order valence-corrected chi connectivity index (χ1v) is 6.44. The summed E-state index contributed by atoms with van der Waals surface area (Å²) in [5.41, 5.74) is 2.11. The van der Waals surface area contributed by atoms with Crippen LogP contribution < -0.4 is 0 Å². The molecule has 4 heteroatoms. The van der Waals surface area contributed by atoms with Crippen LogP contribution in [0.1, 0.15) is 11.1 Å². The highest BCUT2D eigenvalue weighted by Crippen LogP contribution is 2.33. The largest absolute Gasteiger partial charge is 0.392 e. The van der Waals surface area contributed by atoms with Crippen LogP contribution in [0.4, 0.5) is 0 Å². The summed E-state index contributed by atoms with van der Waals surface area (Å²) in [7, 11) is 0. The molecule has 0 unspecified atom stereocenters. The summed E-state index contributed by atoms with van der Waals surface area (Å²) in [6.45, 7) is 0.0749. The second-order valence-corrected chi connectivity index (χ2v) is 5.28. The van der Waals surface area contributed by atoms with E-state index < -0.39 is 0 Å². The van der Waals surface area contributed by atoms with Crippen LogP contribution in [-0.2, 0) is 11.9 Å². The van der Waals surface area contributed by atoms with E-state index in [1.54, 1.807) is 11.3 Å². The monoisotopic (exact) mass is 290 g/mol. The summed E-state index contributed by atoms with van der Waals surface area (Å²) in [6.07, 6.45) is 0. The van der Waals surface area contributed by atoms with Crippen molar-refractivity contribution >= 4 is 49.0 Å². The van der Waals surface area contributed by atoms with Gasteiger partial charge in [-0.05, 0) is 28.6 Å². The molecule has 0 bridgehead atoms. The van der Waals surface area contributed by atoms with Gasteiger partial charge in [-0.1, -0.05) is 33.6 Å². The molecule has 1 aromatic carbocycles. The van der Waals surface area contributed by atoms with E-state index in [1.165, 1.54) is 10.9 Å². The second-order valence-electron chi connectivity index (χ2n) is 3.01. The highest BCUT2D eigenvalue weighted by atomic mass is 79.9. The van der Waals surface area contributed by atoms with E-state index in [-0.39, 0.29) is 6.61 Å². The van der Waals surface area contributed by atoms with Gasteiger partial charge in [0, 0.05) is 10.0 Å². The van der Waals surface area contributed by atoms with Gasteiger partial charge < -0.3 is 5.11 Å². The zero-order valence-electron chi connectivity index (χ0n) is 7.26. The molecule has 0 atom stereocenters. The van der Waals surface area contributed by atoms with Crippen LogP contribution >= 0.6 is 38.9 Å². The highest BCUT2D eigenvalue weighted by Gasteiger charge is 2.06. The molecule has 0 spiro atoms. The Morgan fingerprint density at radius 2 is 2.14 bits per heavy atom. The van der Waals surface area contributed by atoms with Crippen molar-refractivity contribution < 1.29 is 5.11 Å². The predicted octanol–water partition coefficient (Wildman–Crippen LogP) is 3.94. The average Bonchev–Trinajstić information content (AvgIpc) is 2.56. The van der Waals surface area contributed by atoms with Gasteiger partial charge in [0.25, 0.3) is 0 Å². The Balaban J connectivity index is 2.72. The number of hydrogen-bond acceptors (Lipinski definition) is 2. The van der Waals surface area contributed by atoms with E-state index in [0.717, 1.165) is 19.9 Å². The molecule has 1 N–H and O–H groups in total. The van der Waals surface area contributed by atoms with Crippen molar-refractivity contribution in [1.82, 2.24) is 0 Å². The second kappa shape index (κ2) is 4.19. The fraction of sp³-hybridized carbons (Fsp3) is 0.200. The lowest BCUT2D eigenvalue weighted by Gasteiger charge is -2.02. The molecule has 0 radical (unpaired) electrons. The topological polar surface area (TPSA) is 20.2 Å². The van der Waals surface area contributed by atoms with Crippen molar-refractivity contribution in [1.29, 1.82) is 0 Å². The molecule has 0 amide bonds. The van der Waals surface area contributed by atoms with Crippen LogP contribution in [0.5, 0.6) is 0 Å². The Kier molecular flexibility index (Phi) is 3.12. The molecule has 1 aromatic heterocycles. The van der Waals surface area contributed by atoms with Gasteiger partial charge in [0.2, 0.25) is 0 Å². The van der Waals surface area contributed by atoms with Gasteiger partial charge in [-0.15, -0.1) is 11.3 Å². The molecule has 74 valence electrons. The van der Waals surface area contributed by atoms with E-state index >= 15 is 0 Å². The van der Waals surface area contributed by atoms with Gasteiger partial charge >= 0.3 is 0 Å². The first-order valence-electron chi connectivity index (χ1n) is 4.12. The van der Waals surface area contributed by atoms with Gasteiger partial charge in [0.05, 0.1) is 10.9 Å². The molecule has 1 heterocycles. The molecule has 2 aromatic rings. The predicted molar refractivity (Wildman–Crippen MR) is 65.4 cm³/mol. The summed E-state index contributed by atoms with van der Waals surface area (Å²) in [6, 6.07) is 5.96. The molecule has 0 aliphatic carbocycles. The minimum atomic E-state index is 0.0749. The van der Waals surface area contributed by atoms with E-state index in [9.17, 15) is 0 Å². The van der Waals surface area contributed by atoms with Crippen LogP contribution in [0.2, 0.25) is 4.34 Å². The summed E-state index contributed by atoms with van der Waals surface area (Å²) in [5, 5.41) is 11.0. The van der Waals surface area contributed by atoms with Crippen molar-refractivity contribution in [3.05, 3.63) is 33.7 Å². The summed E-state index contributed by atoms with van der Waals surface area (Å²) in [4.78, 5) is 0. The molecule has 0 fully saturated rings. The maximum Gasteiger partial charge on any atom is 0.0940 e. The van der Waals surface area contributed by atoms with E-state index in [4.69, 9.17) is 16.7 Å². The third-order valence-corrected chi connectivity index (χ3v) is 3.89. The molecular weight excluding hydrogens is 284 g/mol. The number of thiophene rings is 1. The maximum atomic E-state index is 9.08. The molecular formula is C10H8BrClOS. The van der Waals surface area contributed by atoms with Crippen molar-refractivity contribution in [2.45, 2.75) is 11.9 Å². The van der Waals surface area contributed by atoms with E-state index in [1.807, 2.05) is 18.2 Å². The highest BCUT2D eigenvalue weighted by molar-refractivity contribution is 9.08. The van der Waals surface area contributed by atoms with Crippen LogP contribution in [0.15, 0.2) is 18.2 Å². The van der Waals surface area contributed by atoms with Crippen LogP contribution in [0.3, 0.4) is 0 Å². The van der Waals surface area contributed by atoms with Crippen LogP contribution in [-0.4, -0.2) is 5.11 Å². The fourth-order valence-corrected chi connectivity index (χ4v) is 3.17. The zero-order valence-corrected chi connectivity index (χ0v) is 10.4. The summed E-state index contributed by atoms with van der Waals surface area (Å²) in [5.74, 6) is 0. The molecule has 0 saturated heterocycles. The molecule has 0 aliphatic rings. The number of alkyl halides is 1. The average molecular weight is 292 g/mol. The molecule has 1 nitrogen and oxygen atoms in total. The number of aliphatic hydroxyl groups is 1. The summed E-state index contributed by atoms with van der Waals surface area (Å²) < 4.78 is 1.92. The zero-order chi connectivity index (χ0) is 10.1. The minimum absolute atomic E-state index is 0.0749. The van der Waals surface area contributed by atoms with E-state index in [0.29, 0.717) is 0 Å². The Hall–Kier alpha value is -0.0900. The summed E-state index contributed by atoms with van der Waals surface area (Å²) >= 11 is 10.9. The Morgan fingerprint density at radius 1 is 1.36 bits per heavy atom. The van der Waals surface area contributed by atoms with Gasteiger partial charge in [0.1, 0.15) is 0 Å². The molecule has 0 saturated carbocycles. The minimum Gasteiger partial charge on any atom is -0.392 e. The number of aliphatic hydroxyl groups excluding tert-OH is 1. The maximum absolute atomic E-state index is 9.08. The third-order valence-electron chi connectivity index (χ3n) is 2.08. The Labute approximate surface area is 99.4 Å². The number of hydrogen-bond donors (Lipinski definition) is 1. The van der Waals surface area contributed by atoms with Crippen molar-refractivity contribution in [3.8, 4) is 0 Å². The number of halogens is 2. The number of rotatable bonds is 2. The fourth-order valence-electron chi connectivity index (χ4n) is 1.45. The molecule has 0 aliphatic heterocycles. The van der Waals surface area contributed by atoms with Gasteiger partial charge in [-0.25, -0.2) is 0 Å². The Bertz CT molecular complexity index is 466. The lowest BCUT2D eigenvalue weighted by Crippen LogP contribution is -1.86. The standard InChI is InChI=1S/C10H8BrClOS/c11-4-7-1-6(5-13)2-9-8(7)3-10(12)14-9/h1-3,13H,4-5H2. The van der Waals surface area contributed by atoms with E-state index in [2.05, 4.69) is 15.9 Å². The quantitative estimate of drug-likeness (QED) is 0.831. The first-order chi connectivity index (χ1) is 6.74. The number of fused-ring (bicyclic) bond motifs is 1. The molecule has 2 rings (SSSR count). The first kappa shape index (κ1) is 10.4. The van der Waals surface area contributed by atoms with Crippen molar-refractivity contribution in [3.63, 3.8) is 0 Å². The van der Waals surface area contributed by atoms with Crippen molar-refractivity contribution in [2.24, 2.45) is 0 Å². The third kappa shape index (κ3) is 1.82. The normalized spacial score (nSPS) is 11.1. The lowest BCUT2D eigenvalue weighted by molar-refractivity contribution is 0.282. The van der Waals surface area contributed by atoms with Crippen LogP contribution in [0, 0.1) is 0 Å². The van der Waals surface area contributed by atoms with Gasteiger partial charge in [-0.3, -0.25) is 0 Å². The smallest absolute Gasteiger partial charge is 0.0940 e. The Morgan fingerprint density at radius 3 is 2.79 bits per heavy atom. The molecule has 14 heavy (non-hydrogen) atoms. The van der Waals surface area contributed by atoms with Gasteiger partial charge in [-0.2, -0.15) is 0 Å². The lowest BCUT2D eigenvalue weighted by atomic mass is 10.1. The SMILES string of the molecule is OCc1cc(CBr)c2cc(Cl)sc2c1. The van der Waals surface area contributed by atoms with Crippen molar-refractivity contribution in [2.75, 3.05) is 0 Å². The number of benzene rings is 1. The van der Waals surface area contributed by atoms with Crippen LogP contribution in [0.25, 0.3) is 10.1 Å².